The summed E-state index contributed by atoms with van der Waals surface area (Å²) in [6, 6.07) is 8.29. The summed E-state index contributed by atoms with van der Waals surface area (Å²) in [4.78, 5) is 21.1. The molecule has 3 fully saturated rings. The molecule has 1 saturated heterocycles. The first-order valence-electron chi connectivity index (χ1n) is 15.3. The summed E-state index contributed by atoms with van der Waals surface area (Å²) in [5.41, 5.74) is 3.67. The number of ether oxygens (including phenoxy) is 1. The molecule has 3 aromatic rings. The first kappa shape index (κ1) is 30.5. The lowest BCUT2D eigenvalue weighted by molar-refractivity contribution is 0.0240. The molecule has 1 aliphatic heterocycles. The molecule has 3 aliphatic rings. The monoisotopic (exact) mass is 625 g/mol. The Kier molecular flexibility index (Phi) is 8.17. The lowest BCUT2D eigenvalue weighted by Crippen LogP contribution is -2.50. The minimum Gasteiger partial charge on any atom is -0.444 e. The highest BCUT2D eigenvalue weighted by Gasteiger charge is 2.37. The number of benzene rings is 1. The molecule has 10 nitrogen and oxygen atoms in total. The van der Waals surface area contributed by atoms with Gasteiger partial charge in [0.25, 0.3) is 10.1 Å². The van der Waals surface area contributed by atoms with E-state index in [9.17, 15) is 17.6 Å². The van der Waals surface area contributed by atoms with Crippen LogP contribution in [0.5, 0.6) is 0 Å². The van der Waals surface area contributed by atoms with Gasteiger partial charge in [-0.15, -0.1) is 0 Å². The molecule has 236 valence electrons. The second-order valence-corrected chi connectivity index (χ2v) is 14.8. The molecular weight excluding hydrogens is 585 g/mol. The Morgan fingerprint density at radius 2 is 1.75 bits per heavy atom. The van der Waals surface area contributed by atoms with Gasteiger partial charge in [-0.25, -0.2) is 9.18 Å². The van der Waals surface area contributed by atoms with Gasteiger partial charge < -0.3 is 14.5 Å². The van der Waals surface area contributed by atoms with Crippen LogP contribution in [-0.4, -0.2) is 72.6 Å². The van der Waals surface area contributed by atoms with E-state index in [0.717, 1.165) is 42.5 Å². The van der Waals surface area contributed by atoms with Crippen molar-refractivity contribution in [2.75, 3.05) is 37.7 Å². The first-order valence-corrected chi connectivity index (χ1v) is 16.7. The van der Waals surface area contributed by atoms with Gasteiger partial charge in [-0.2, -0.15) is 13.5 Å². The number of amides is 1. The van der Waals surface area contributed by atoms with Gasteiger partial charge in [-0.05, 0) is 71.4 Å². The summed E-state index contributed by atoms with van der Waals surface area (Å²) >= 11 is 0. The van der Waals surface area contributed by atoms with Crippen LogP contribution in [0.25, 0.3) is 11.3 Å². The number of aryl methyl sites for hydroxylation is 1. The first-order chi connectivity index (χ1) is 20.9. The van der Waals surface area contributed by atoms with Gasteiger partial charge >= 0.3 is 6.09 Å². The topological polar surface area (TPSA) is 107 Å². The number of hydrogen-bond acceptors (Lipinski definition) is 8. The van der Waals surface area contributed by atoms with E-state index >= 15 is 0 Å². The maximum atomic E-state index is 14.6. The van der Waals surface area contributed by atoms with Crippen molar-refractivity contribution < 1.29 is 26.5 Å². The number of piperazine rings is 1. The van der Waals surface area contributed by atoms with Crippen molar-refractivity contribution in [1.82, 2.24) is 19.7 Å². The number of aromatic nitrogens is 3. The molecule has 44 heavy (non-hydrogen) atoms. The second-order valence-electron chi connectivity index (χ2n) is 13.2. The van der Waals surface area contributed by atoms with E-state index in [-0.39, 0.29) is 29.6 Å². The van der Waals surface area contributed by atoms with Crippen molar-refractivity contribution in [1.29, 1.82) is 0 Å². The second kappa shape index (κ2) is 11.8. The van der Waals surface area contributed by atoms with Crippen molar-refractivity contribution in [2.24, 2.45) is 5.92 Å². The third-order valence-corrected chi connectivity index (χ3v) is 9.74. The van der Waals surface area contributed by atoms with Crippen LogP contribution in [0.3, 0.4) is 0 Å². The Morgan fingerprint density at radius 3 is 2.39 bits per heavy atom. The summed E-state index contributed by atoms with van der Waals surface area (Å²) in [7, 11) is -3.80. The fraction of sp³-hybridized carbons (Fsp3) is 0.531. The van der Waals surface area contributed by atoms with Crippen molar-refractivity contribution in [3.63, 3.8) is 0 Å². The van der Waals surface area contributed by atoms with Gasteiger partial charge in [-0.3, -0.25) is 13.8 Å². The van der Waals surface area contributed by atoms with Crippen LogP contribution in [0.2, 0.25) is 0 Å². The summed E-state index contributed by atoms with van der Waals surface area (Å²) < 4.78 is 52.7. The Balaban J connectivity index is 1.14. The molecule has 12 heteroatoms. The molecule has 3 heterocycles. The molecule has 0 N–H and O–H groups in total. The Morgan fingerprint density at radius 1 is 1.07 bits per heavy atom. The number of pyridine rings is 1. The van der Waals surface area contributed by atoms with Gasteiger partial charge in [0, 0.05) is 49.9 Å². The fourth-order valence-electron chi connectivity index (χ4n) is 5.78. The van der Waals surface area contributed by atoms with Crippen LogP contribution in [-0.2, 0) is 19.0 Å². The zero-order valence-corrected chi connectivity index (χ0v) is 26.5. The highest BCUT2D eigenvalue weighted by Crippen LogP contribution is 2.47. The molecule has 2 saturated carbocycles. The lowest BCUT2D eigenvalue weighted by atomic mass is 9.81. The Hall–Kier alpha value is -3.51. The van der Waals surface area contributed by atoms with E-state index in [0.29, 0.717) is 43.5 Å². The minimum absolute atomic E-state index is 0.109. The van der Waals surface area contributed by atoms with Gasteiger partial charge in [0.15, 0.2) is 0 Å². The van der Waals surface area contributed by atoms with Crippen molar-refractivity contribution >= 4 is 21.9 Å². The Labute approximate surface area is 258 Å². The summed E-state index contributed by atoms with van der Waals surface area (Å²) in [6.07, 6.45) is 6.52. The quantitative estimate of drug-likeness (QED) is 0.294. The molecule has 2 aromatic heterocycles. The van der Waals surface area contributed by atoms with Gasteiger partial charge in [0.05, 0.1) is 40.8 Å². The average Bonchev–Trinajstić information content (AvgIpc) is 3.70. The maximum absolute atomic E-state index is 14.6. The molecule has 0 atom stereocenters. The predicted octanol–water partition coefficient (Wildman–Crippen LogP) is 5.68. The van der Waals surface area contributed by atoms with Gasteiger partial charge in [0.1, 0.15) is 11.4 Å². The highest BCUT2D eigenvalue weighted by atomic mass is 32.2. The molecule has 6 rings (SSSR count). The van der Waals surface area contributed by atoms with E-state index in [1.807, 2.05) is 38.6 Å². The van der Waals surface area contributed by atoms with E-state index in [1.54, 1.807) is 29.2 Å². The zero-order valence-electron chi connectivity index (χ0n) is 25.7. The van der Waals surface area contributed by atoms with E-state index in [4.69, 9.17) is 14.0 Å². The SMILES string of the molecule is Cc1ccc(S(=O)(=O)OCC2CC(n3cc(-c4ncc(F)cc4N4CCN(C(=O)OC(C)(C)C)CC4)c(C4CC4)n3)C2)cc1. The molecule has 0 bridgehead atoms. The van der Waals surface area contributed by atoms with E-state index in [2.05, 4.69) is 9.88 Å². The molecule has 0 unspecified atom stereocenters. The molecular formula is C32H40FN5O5S. The molecule has 2 aliphatic carbocycles. The number of hydrogen-bond donors (Lipinski definition) is 0. The van der Waals surface area contributed by atoms with Gasteiger partial charge in [-0.1, -0.05) is 17.7 Å². The third kappa shape index (κ3) is 6.76. The third-order valence-electron chi connectivity index (χ3n) is 8.44. The van der Waals surface area contributed by atoms with E-state index < -0.39 is 21.5 Å². The standard InChI is InChI=1S/C32H40FN5O5S/c1-21-5-9-26(10-6-21)44(40,41)42-20-22-15-25(16-22)38-19-27(29(35-38)23-7-8-23)30-28(17-24(33)18-34-30)36-11-13-37(14-12-36)31(39)43-32(2,3)4/h5-6,9-10,17-19,22-23,25H,7-8,11-16,20H2,1-4H3. The number of carbonyl (C=O) groups is 1. The summed E-state index contributed by atoms with van der Waals surface area (Å²) in [5.74, 6) is 0.0352. The molecule has 0 spiro atoms. The fourth-order valence-corrected chi connectivity index (χ4v) is 6.76. The molecule has 0 radical (unpaired) electrons. The van der Waals surface area contributed by atoms with Crippen molar-refractivity contribution in [3.8, 4) is 11.3 Å². The highest BCUT2D eigenvalue weighted by molar-refractivity contribution is 7.86. The molecule has 1 aromatic carbocycles. The number of anilines is 1. The summed E-state index contributed by atoms with van der Waals surface area (Å²) in [5, 5.41) is 4.98. The van der Waals surface area contributed by atoms with Crippen LogP contribution < -0.4 is 4.90 Å². The lowest BCUT2D eigenvalue weighted by Gasteiger charge is -2.37. The smallest absolute Gasteiger partial charge is 0.410 e. The number of halogens is 1. The average molecular weight is 626 g/mol. The van der Waals surface area contributed by atoms with Crippen LogP contribution >= 0.6 is 0 Å². The van der Waals surface area contributed by atoms with Crippen LogP contribution in [0.15, 0.2) is 47.6 Å². The van der Waals surface area contributed by atoms with Crippen molar-refractivity contribution in [3.05, 3.63) is 59.8 Å². The predicted molar refractivity (Wildman–Crippen MR) is 163 cm³/mol. The summed E-state index contributed by atoms with van der Waals surface area (Å²) in [6.45, 7) is 9.56. The number of nitrogens with zero attached hydrogens (tertiary/aromatic N) is 5. The van der Waals surface area contributed by atoms with Crippen LogP contribution in [0.1, 0.15) is 69.7 Å². The Bertz CT molecular complexity index is 1620. The zero-order chi connectivity index (χ0) is 31.2. The normalized spacial score (nSPS) is 20.8. The van der Waals surface area contributed by atoms with E-state index in [1.165, 1.54) is 12.3 Å². The van der Waals surface area contributed by atoms with Gasteiger partial charge in [0.2, 0.25) is 0 Å². The number of carbonyl (C=O) groups excluding carboxylic acids is 1. The molecule has 1 amide bonds. The largest absolute Gasteiger partial charge is 0.444 e. The van der Waals surface area contributed by atoms with Crippen LogP contribution in [0, 0.1) is 18.7 Å². The minimum atomic E-state index is -3.80. The van der Waals surface area contributed by atoms with Crippen LogP contribution in [0.4, 0.5) is 14.9 Å². The maximum Gasteiger partial charge on any atom is 0.410 e. The number of rotatable bonds is 8. The van der Waals surface area contributed by atoms with Crippen molar-refractivity contribution in [2.45, 2.75) is 75.8 Å².